The molecular formula is C19H21ClN2O2. The molecule has 126 valence electrons. The first-order valence-corrected chi connectivity index (χ1v) is 8.12. The molecule has 0 aliphatic rings. The summed E-state index contributed by atoms with van der Waals surface area (Å²) in [6.07, 6.45) is 0.248. The summed E-state index contributed by atoms with van der Waals surface area (Å²) < 4.78 is 0. The molecule has 0 atom stereocenters. The molecule has 0 aliphatic carbocycles. The van der Waals surface area contributed by atoms with Gasteiger partial charge in [0.1, 0.15) is 0 Å². The maximum absolute atomic E-state index is 12.0. The summed E-state index contributed by atoms with van der Waals surface area (Å²) in [5.74, 6) is -0.498. The molecule has 4 nitrogen and oxygen atoms in total. The third-order valence-corrected chi connectivity index (χ3v) is 3.93. The number of benzene rings is 2. The molecule has 2 aromatic carbocycles. The van der Waals surface area contributed by atoms with E-state index < -0.39 is 0 Å². The highest BCUT2D eigenvalue weighted by atomic mass is 35.5. The van der Waals surface area contributed by atoms with Gasteiger partial charge in [0.15, 0.2) is 0 Å². The zero-order chi connectivity index (χ0) is 17.7. The van der Waals surface area contributed by atoms with Gasteiger partial charge in [-0.15, -0.1) is 0 Å². The molecule has 0 radical (unpaired) electrons. The van der Waals surface area contributed by atoms with E-state index in [-0.39, 0.29) is 24.8 Å². The van der Waals surface area contributed by atoms with Crippen molar-refractivity contribution < 1.29 is 9.59 Å². The van der Waals surface area contributed by atoms with Crippen LogP contribution in [0.2, 0.25) is 5.02 Å². The number of halogens is 1. The van der Waals surface area contributed by atoms with E-state index in [0.717, 1.165) is 22.3 Å². The molecule has 0 aromatic heterocycles. The maximum atomic E-state index is 12.0. The number of carbonyl (C=O) groups is 2. The predicted molar refractivity (Wildman–Crippen MR) is 97.4 cm³/mol. The Kier molecular flexibility index (Phi) is 5.99. The Morgan fingerprint density at radius 1 is 0.958 bits per heavy atom. The van der Waals surface area contributed by atoms with Crippen LogP contribution in [0.25, 0.3) is 0 Å². The van der Waals surface area contributed by atoms with E-state index in [2.05, 4.69) is 10.6 Å². The summed E-state index contributed by atoms with van der Waals surface area (Å²) in [5, 5.41) is 5.86. The normalized spacial score (nSPS) is 10.3. The standard InChI is InChI=1S/C19H21ClN2O2/c1-12-4-6-15(7-5-12)10-17(23)21-11-18(24)22-19-14(3)8-13(2)9-16(19)20/h4-9H,10-11H2,1-3H3,(H,21,23)(H,22,24). The topological polar surface area (TPSA) is 58.2 Å². The van der Waals surface area contributed by atoms with Crippen molar-refractivity contribution >= 4 is 29.1 Å². The summed E-state index contributed by atoms with van der Waals surface area (Å²) in [6.45, 7) is 5.72. The number of rotatable bonds is 5. The molecule has 0 unspecified atom stereocenters. The molecule has 2 N–H and O–H groups in total. The molecule has 2 amide bonds. The molecule has 0 saturated heterocycles. The summed E-state index contributed by atoms with van der Waals surface area (Å²) >= 11 is 6.16. The second-order valence-corrected chi connectivity index (χ2v) is 6.33. The Morgan fingerprint density at radius 3 is 2.25 bits per heavy atom. The Morgan fingerprint density at radius 2 is 1.62 bits per heavy atom. The van der Waals surface area contributed by atoms with Gasteiger partial charge in [0.2, 0.25) is 11.8 Å². The lowest BCUT2D eigenvalue weighted by atomic mass is 10.1. The van der Waals surface area contributed by atoms with Gasteiger partial charge >= 0.3 is 0 Å². The molecular weight excluding hydrogens is 324 g/mol. The first-order chi connectivity index (χ1) is 11.3. The van der Waals surface area contributed by atoms with Crippen molar-refractivity contribution in [1.82, 2.24) is 5.32 Å². The Balaban J connectivity index is 1.87. The van der Waals surface area contributed by atoms with Crippen molar-refractivity contribution in [3.05, 3.63) is 63.7 Å². The number of anilines is 1. The second kappa shape index (κ2) is 7.97. The highest BCUT2D eigenvalue weighted by Gasteiger charge is 2.11. The number of aryl methyl sites for hydroxylation is 3. The van der Waals surface area contributed by atoms with Crippen molar-refractivity contribution in [1.29, 1.82) is 0 Å². The molecule has 5 heteroatoms. The minimum atomic E-state index is -0.305. The molecule has 2 rings (SSSR count). The molecule has 0 spiro atoms. The van der Waals surface area contributed by atoms with Crippen molar-refractivity contribution in [2.75, 3.05) is 11.9 Å². The van der Waals surface area contributed by atoms with Gasteiger partial charge in [0, 0.05) is 0 Å². The molecule has 24 heavy (non-hydrogen) atoms. The lowest BCUT2D eigenvalue weighted by Gasteiger charge is -2.12. The van der Waals surface area contributed by atoms with Crippen LogP contribution in [0.3, 0.4) is 0 Å². The predicted octanol–water partition coefficient (Wildman–Crippen LogP) is 3.56. The lowest BCUT2D eigenvalue weighted by Crippen LogP contribution is -2.34. The van der Waals surface area contributed by atoms with Crippen molar-refractivity contribution in [2.24, 2.45) is 0 Å². The number of hydrogen-bond acceptors (Lipinski definition) is 2. The number of carbonyl (C=O) groups excluding carboxylic acids is 2. The van der Waals surface area contributed by atoms with E-state index in [1.54, 1.807) is 6.07 Å². The van der Waals surface area contributed by atoms with E-state index in [1.807, 2.05) is 51.1 Å². The monoisotopic (exact) mass is 344 g/mol. The highest BCUT2D eigenvalue weighted by molar-refractivity contribution is 6.34. The van der Waals surface area contributed by atoms with Crippen LogP contribution in [0.4, 0.5) is 5.69 Å². The van der Waals surface area contributed by atoms with Crippen LogP contribution in [-0.2, 0) is 16.0 Å². The Hall–Kier alpha value is -2.33. The quantitative estimate of drug-likeness (QED) is 0.871. The number of nitrogens with one attached hydrogen (secondary N) is 2. The zero-order valence-corrected chi connectivity index (χ0v) is 14.8. The molecule has 0 saturated carbocycles. The van der Waals surface area contributed by atoms with Gasteiger partial charge in [0.25, 0.3) is 0 Å². The van der Waals surface area contributed by atoms with Gasteiger partial charge in [-0.05, 0) is 43.5 Å². The van der Waals surface area contributed by atoms with Crippen molar-refractivity contribution in [3.63, 3.8) is 0 Å². The zero-order valence-electron chi connectivity index (χ0n) is 14.1. The first kappa shape index (κ1) is 18.0. The lowest BCUT2D eigenvalue weighted by molar-refractivity contribution is -0.123. The van der Waals surface area contributed by atoms with E-state index in [4.69, 9.17) is 11.6 Å². The fourth-order valence-electron chi connectivity index (χ4n) is 2.39. The minimum absolute atomic E-state index is 0.0889. The largest absolute Gasteiger partial charge is 0.347 e. The van der Waals surface area contributed by atoms with Crippen LogP contribution in [-0.4, -0.2) is 18.4 Å². The van der Waals surface area contributed by atoms with Crippen LogP contribution in [0.1, 0.15) is 22.3 Å². The highest BCUT2D eigenvalue weighted by Crippen LogP contribution is 2.27. The molecule has 0 bridgehead atoms. The van der Waals surface area contributed by atoms with Crippen LogP contribution >= 0.6 is 11.6 Å². The Bertz CT molecular complexity index is 731. The van der Waals surface area contributed by atoms with Gasteiger partial charge < -0.3 is 10.6 Å². The summed E-state index contributed by atoms with van der Waals surface area (Å²) in [4.78, 5) is 23.9. The molecule has 0 fully saturated rings. The first-order valence-electron chi connectivity index (χ1n) is 7.74. The fraction of sp³-hybridized carbons (Fsp3) is 0.263. The maximum Gasteiger partial charge on any atom is 0.243 e. The summed E-state index contributed by atoms with van der Waals surface area (Å²) in [6, 6.07) is 11.5. The fourth-order valence-corrected chi connectivity index (χ4v) is 2.76. The van der Waals surface area contributed by atoms with E-state index in [9.17, 15) is 9.59 Å². The molecule has 0 heterocycles. The SMILES string of the molecule is Cc1ccc(CC(=O)NCC(=O)Nc2c(C)cc(C)cc2Cl)cc1. The minimum Gasteiger partial charge on any atom is -0.347 e. The van der Waals surface area contributed by atoms with Gasteiger partial charge in [-0.1, -0.05) is 47.5 Å². The van der Waals surface area contributed by atoms with Crippen LogP contribution in [0.5, 0.6) is 0 Å². The third kappa shape index (κ3) is 5.10. The van der Waals surface area contributed by atoms with Crippen molar-refractivity contribution in [2.45, 2.75) is 27.2 Å². The van der Waals surface area contributed by atoms with Crippen LogP contribution in [0.15, 0.2) is 36.4 Å². The molecule has 2 aromatic rings. The van der Waals surface area contributed by atoms with Gasteiger partial charge in [0.05, 0.1) is 23.7 Å². The number of amides is 2. The van der Waals surface area contributed by atoms with Gasteiger partial charge in [-0.2, -0.15) is 0 Å². The van der Waals surface area contributed by atoms with Gasteiger partial charge in [-0.25, -0.2) is 0 Å². The van der Waals surface area contributed by atoms with Crippen LogP contribution in [0, 0.1) is 20.8 Å². The van der Waals surface area contributed by atoms with E-state index in [1.165, 1.54) is 0 Å². The van der Waals surface area contributed by atoms with E-state index in [0.29, 0.717) is 10.7 Å². The average molecular weight is 345 g/mol. The Labute approximate surface area is 147 Å². The number of hydrogen-bond donors (Lipinski definition) is 2. The van der Waals surface area contributed by atoms with Crippen LogP contribution < -0.4 is 10.6 Å². The summed E-state index contributed by atoms with van der Waals surface area (Å²) in [5.41, 5.74) is 4.56. The smallest absolute Gasteiger partial charge is 0.243 e. The van der Waals surface area contributed by atoms with Gasteiger partial charge in [-0.3, -0.25) is 9.59 Å². The van der Waals surface area contributed by atoms with Crippen molar-refractivity contribution in [3.8, 4) is 0 Å². The second-order valence-electron chi connectivity index (χ2n) is 5.93. The molecule has 0 aliphatic heterocycles. The average Bonchev–Trinajstić information content (AvgIpc) is 2.51. The van der Waals surface area contributed by atoms with E-state index >= 15 is 0 Å². The third-order valence-electron chi connectivity index (χ3n) is 3.63. The summed E-state index contributed by atoms with van der Waals surface area (Å²) in [7, 11) is 0.